The quantitative estimate of drug-likeness (QED) is 0.0671. The summed E-state index contributed by atoms with van der Waals surface area (Å²) in [6.45, 7) is 7.61. The van der Waals surface area contributed by atoms with Gasteiger partial charge in [0.15, 0.2) is 0 Å². The lowest BCUT2D eigenvalue weighted by Gasteiger charge is -2.13. The molecular weight excluding hydrogens is 596 g/mol. The van der Waals surface area contributed by atoms with E-state index in [1.807, 2.05) is 43.3 Å². The zero-order valence-electron chi connectivity index (χ0n) is 30.0. The smallest absolute Gasteiger partial charge is 0.338 e. The summed E-state index contributed by atoms with van der Waals surface area (Å²) in [6, 6.07) is 24.4. The van der Waals surface area contributed by atoms with E-state index in [4.69, 9.17) is 14.2 Å². The van der Waals surface area contributed by atoms with Crippen molar-refractivity contribution in [3.63, 3.8) is 0 Å². The van der Waals surface area contributed by atoms with Crippen LogP contribution >= 0.6 is 0 Å². The van der Waals surface area contributed by atoms with Crippen LogP contribution in [-0.2, 0) is 14.3 Å². The predicted octanol–water partition coefficient (Wildman–Crippen LogP) is 12.2. The summed E-state index contributed by atoms with van der Waals surface area (Å²) in [5.41, 5.74) is 5.03. The lowest BCUT2D eigenvalue weighted by atomic mass is 9.99. The third kappa shape index (κ3) is 15.5. The summed E-state index contributed by atoms with van der Waals surface area (Å²) < 4.78 is 17.0. The van der Waals surface area contributed by atoms with Crippen molar-refractivity contribution < 1.29 is 23.8 Å². The Labute approximate surface area is 290 Å². The molecule has 0 radical (unpaired) electrons. The Morgan fingerprint density at radius 1 is 0.542 bits per heavy atom. The fourth-order valence-corrected chi connectivity index (χ4v) is 5.80. The number of carbonyl (C=O) groups excluding carboxylic acids is 2. The molecule has 3 rings (SSSR count). The Balaban J connectivity index is 1.29. The molecule has 0 aliphatic heterocycles. The zero-order chi connectivity index (χ0) is 34.2. The maximum Gasteiger partial charge on any atom is 0.338 e. The fraction of sp³-hybridized carbons (Fsp3) is 0.535. The van der Waals surface area contributed by atoms with Crippen molar-refractivity contribution in [1.29, 1.82) is 0 Å². The van der Waals surface area contributed by atoms with Gasteiger partial charge in [0.2, 0.25) is 0 Å². The molecule has 0 saturated carbocycles. The number of carbonyl (C=O) groups is 2. The molecule has 1 atom stereocenters. The van der Waals surface area contributed by atoms with E-state index >= 15 is 0 Å². The second kappa shape index (κ2) is 23.7. The molecule has 0 unspecified atom stereocenters. The van der Waals surface area contributed by atoms with Gasteiger partial charge in [-0.25, -0.2) is 4.79 Å². The molecule has 0 spiro atoms. The largest absolute Gasteiger partial charge is 0.494 e. The fourth-order valence-electron chi connectivity index (χ4n) is 5.80. The lowest BCUT2D eigenvalue weighted by Crippen LogP contribution is -2.15. The summed E-state index contributed by atoms with van der Waals surface area (Å²) in [7, 11) is 0. The molecule has 5 nitrogen and oxygen atoms in total. The first-order valence-corrected chi connectivity index (χ1v) is 18.8. The van der Waals surface area contributed by atoms with Gasteiger partial charge in [0, 0.05) is 6.42 Å². The monoisotopic (exact) mass is 656 g/mol. The van der Waals surface area contributed by atoms with E-state index in [1.165, 1.54) is 51.4 Å². The first-order valence-electron chi connectivity index (χ1n) is 18.8. The molecule has 3 aromatic rings. The van der Waals surface area contributed by atoms with Crippen LogP contribution in [0, 0.1) is 0 Å². The minimum atomic E-state index is -0.254. The maximum atomic E-state index is 12.6. The second-order valence-corrected chi connectivity index (χ2v) is 13.1. The topological polar surface area (TPSA) is 61.8 Å². The molecule has 0 N–H and O–H groups in total. The number of hydrogen-bond acceptors (Lipinski definition) is 5. The Bertz CT molecular complexity index is 1280. The van der Waals surface area contributed by atoms with Crippen LogP contribution in [0.25, 0.3) is 22.3 Å². The third-order valence-electron chi connectivity index (χ3n) is 8.85. The van der Waals surface area contributed by atoms with Gasteiger partial charge >= 0.3 is 11.9 Å². The average Bonchev–Trinajstić information content (AvgIpc) is 3.11. The van der Waals surface area contributed by atoms with Crippen molar-refractivity contribution in [2.24, 2.45) is 0 Å². The van der Waals surface area contributed by atoms with Gasteiger partial charge in [-0.15, -0.1) is 0 Å². The van der Waals surface area contributed by atoms with Crippen LogP contribution in [-0.4, -0.2) is 31.3 Å². The average molecular weight is 657 g/mol. The minimum Gasteiger partial charge on any atom is -0.494 e. The van der Waals surface area contributed by atoms with Gasteiger partial charge in [-0.3, -0.25) is 4.79 Å². The highest BCUT2D eigenvalue weighted by molar-refractivity contribution is 5.90. The van der Waals surface area contributed by atoms with E-state index in [0.29, 0.717) is 25.2 Å². The van der Waals surface area contributed by atoms with E-state index in [1.54, 1.807) is 0 Å². The van der Waals surface area contributed by atoms with Gasteiger partial charge in [0.25, 0.3) is 0 Å². The van der Waals surface area contributed by atoms with E-state index in [2.05, 4.69) is 50.2 Å². The van der Waals surface area contributed by atoms with E-state index in [9.17, 15) is 9.59 Å². The molecule has 3 aromatic carbocycles. The van der Waals surface area contributed by atoms with Gasteiger partial charge in [-0.05, 0) is 98.4 Å². The third-order valence-corrected chi connectivity index (χ3v) is 8.85. The maximum absolute atomic E-state index is 12.6. The number of rotatable bonds is 25. The molecular formula is C43H60O5. The van der Waals surface area contributed by atoms with Gasteiger partial charge in [0.05, 0.1) is 24.9 Å². The SMILES string of the molecule is CCCCCCCCCC(=O)OCCCCCCOc1ccc(-c2ccc(-c3ccc(C(=O)O[C@@H](C)CCCCCC)cc3)cc2)cc1. The summed E-state index contributed by atoms with van der Waals surface area (Å²) >= 11 is 0. The van der Waals surface area contributed by atoms with Crippen molar-refractivity contribution in [2.75, 3.05) is 13.2 Å². The molecule has 0 aliphatic rings. The molecule has 262 valence electrons. The Hall–Kier alpha value is -3.60. The van der Waals surface area contributed by atoms with Crippen molar-refractivity contribution in [3.8, 4) is 28.0 Å². The number of ether oxygens (including phenoxy) is 3. The molecule has 0 aliphatic carbocycles. The molecule has 0 saturated heterocycles. The van der Waals surface area contributed by atoms with Crippen LogP contribution in [0.3, 0.4) is 0 Å². The standard InChI is InChI=1S/C43H60O5/c1-4-6-8-10-11-12-16-20-42(44)47-34-18-14-13-17-33-46-41-31-29-39(30-32-41)37-23-21-36(22-24-37)38-25-27-40(28-26-38)43(45)48-35(3)19-15-9-7-5-2/h21-32,35H,4-20,33-34H2,1-3H3/t35-/m0/s1. The Kier molecular flexibility index (Phi) is 19.2. The van der Waals surface area contributed by atoms with Gasteiger partial charge < -0.3 is 14.2 Å². The highest BCUT2D eigenvalue weighted by Crippen LogP contribution is 2.27. The Morgan fingerprint density at radius 2 is 1.00 bits per heavy atom. The van der Waals surface area contributed by atoms with Gasteiger partial charge in [-0.1, -0.05) is 120 Å². The Morgan fingerprint density at radius 3 is 1.58 bits per heavy atom. The number of unbranched alkanes of at least 4 members (excludes halogenated alkanes) is 12. The predicted molar refractivity (Wildman–Crippen MR) is 198 cm³/mol. The first kappa shape index (κ1) is 38.8. The van der Waals surface area contributed by atoms with Crippen LogP contribution in [0.1, 0.15) is 140 Å². The summed E-state index contributed by atoms with van der Waals surface area (Å²) in [6.07, 6.45) is 18.6. The van der Waals surface area contributed by atoms with Crippen molar-refractivity contribution in [1.82, 2.24) is 0 Å². The van der Waals surface area contributed by atoms with Crippen molar-refractivity contribution >= 4 is 11.9 Å². The zero-order valence-corrected chi connectivity index (χ0v) is 30.0. The second-order valence-electron chi connectivity index (χ2n) is 13.1. The molecule has 5 heteroatoms. The van der Waals surface area contributed by atoms with Crippen LogP contribution in [0.4, 0.5) is 0 Å². The molecule has 0 fully saturated rings. The molecule has 0 heterocycles. The molecule has 0 amide bonds. The van der Waals surface area contributed by atoms with Crippen LogP contribution < -0.4 is 4.74 Å². The highest BCUT2D eigenvalue weighted by Gasteiger charge is 2.12. The normalized spacial score (nSPS) is 11.6. The lowest BCUT2D eigenvalue weighted by molar-refractivity contribution is -0.143. The van der Waals surface area contributed by atoms with Gasteiger partial charge in [-0.2, -0.15) is 0 Å². The number of hydrogen-bond donors (Lipinski definition) is 0. The van der Waals surface area contributed by atoms with E-state index in [0.717, 1.165) is 79.4 Å². The summed E-state index contributed by atoms with van der Waals surface area (Å²) in [5, 5.41) is 0. The van der Waals surface area contributed by atoms with Crippen LogP contribution in [0.15, 0.2) is 72.8 Å². The summed E-state index contributed by atoms with van der Waals surface area (Å²) in [4.78, 5) is 24.5. The number of esters is 2. The molecule has 48 heavy (non-hydrogen) atoms. The summed E-state index contributed by atoms with van der Waals surface area (Å²) in [5.74, 6) is 0.574. The van der Waals surface area contributed by atoms with E-state index in [-0.39, 0.29) is 18.0 Å². The van der Waals surface area contributed by atoms with Crippen molar-refractivity contribution in [2.45, 2.75) is 136 Å². The van der Waals surface area contributed by atoms with Gasteiger partial charge in [0.1, 0.15) is 5.75 Å². The van der Waals surface area contributed by atoms with Crippen molar-refractivity contribution in [3.05, 3.63) is 78.4 Å². The first-order chi connectivity index (χ1) is 23.5. The molecule has 0 bridgehead atoms. The van der Waals surface area contributed by atoms with Crippen LogP contribution in [0.5, 0.6) is 5.75 Å². The molecule has 0 aromatic heterocycles. The number of benzene rings is 3. The highest BCUT2D eigenvalue weighted by atomic mass is 16.5. The minimum absolute atomic E-state index is 0.0467. The van der Waals surface area contributed by atoms with Crippen LogP contribution in [0.2, 0.25) is 0 Å². The van der Waals surface area contributed by atoms with E-state index < -0.39 is 0 Å².